The molecule has 0 atom stereocenters. The molecule has 1 heterocycles. The van der Waals surface area contributed by atoms with Gasteiger partial charge in [0.25, 0.3) is 5.91 Å². The van der Waals surface area contributed by atoms with Crippen molar-refractivity contribution in [3.63, 3.8) is 0 Å². The maximum absolute atomic E-state index is 12.9. The number of esters is 1. The number of benzene rings is 2. The summed E-state index contributed by atoms with van der Waals surface area (Å²) in [5, 5.41) is 3.05. The van der Waals surface area contributed by atoms with Gasteiger partial charge in [-0.3, -0.25) is 4.79 Å². The predicted molar refractivity (Wildman–Crippen MR) is 103 cm³/mol. The van der Waals surface area contributed by atoms with Gasteiger partial charge in [0.15, 0.2) is 0 Å². The van der Waals surface area contributed by atoms with Crippen LogP contribution in [0.2, 0.25) is 0 Å². The third kappa shape index (κ3) is 3.77. The molecule has 7 heteroatoms. The van der Waals surface area contributed by atoms with E-state index in [4.69, 9.17) is 4.74 Å². The van der Waals surface area contributed by atoms with E-state index >= 15 is 0 Å². The normalized spacial score (nSPS) is 14.0. The van der Waals surface area contributed by atoms with Crippen molar-refractivity contribution < 1.29 is 14.3 Å². The Labute approximate surface area is 161 Å². The maximum Gasteiger partial charge on any atom is 0.337 e. The zero-order chi connectivity index (χ0) is 18.0. The zero-order valence-electron chi connectivity index (χ0n) is 13.3. The largest absolute Gasteiger partial charge is 0.466 e. The number of hydrogen-bond donors (Lipinski definition) is 1. The fourth-order valence-electron chi connectivity index (χ4n) is 2.50. The smallest absolute Gasteiger partial charge is 0.337 e. The molecular formula is C18H14Br2N2O3. The molecule has 0 aliphatic carbocycles. The van der Waals surface area contributed by atoms with E-state index in [1.165, 1.54) is 7.11 Å². The van der Waals surface area contributed by atoms with Crippen molar-refractivity contribution in [3.05, 3.63) is 68.7 Å². The van der Waals surface area contributed by atoms with Gasteiger partial charge in [-0.2, -0.15) is 0 Å². The lowest BCUT2D eigenvalue weighted by molar-refractivity contribution is -0.136. The van der Waals surface area contributed by atoms with Gasteiger partial charge in [0.1, 0.15) is 5.70 Å². The van der Waals surface area contributed by atoms with Crippen LogP contribution in [0.4, 0.5) is 11.4 Å². The minimum Gasteiger partial charge on any atom is -0.466 e. The van der Waals surface area contributed by atoms with Crippen LogP contribution in [0.15, 0.2) is 68.7 Å². The van der Waals surface area contributed by atoms with Crippen molar-refractivity contribution in [1.29, 1.82) is 0 Å². The Morgan fingerprint density at radius 3 is 2.16 bits per heavy atom. The lowest BCUT2D eigenvalue weighted by atomic mass is 10.2. The molecule has 0 radical (unpaired) electrons. The van der Waals surface area contributed by atoms with Crippen molar-refractivity contribution in [2.24, 2.45) is 0 Å². The van der Waals surface area contributed by atoms with Gasteiger partial charge >= 0.3 is 5.97 Å². The van der Waals surface area contributed by atoms with E-state index in [2.05, 4.69) is 37.2 Å². The number of nitrogens with one attached hydrogen (secondary N) is 1. The number of rotatable bonds is 4. The van der Waals surface area contributed by atoms with Crippen LogP contribution in [0.25, 0.3) is 0 Å². The first-order chi connectivity index (χ1) is 12.0. The van der Waals surface area contributed by atoms with Gasteiger partial charge in [-0.05, 0) is 48.5 Å². The van der Waals surface area contributed by atoms with Gasteiger partial charge in [-0.15, -0.1) is 0 Å². The van der Waals surface area contributed by atoms with E-state index in [0.29, 0.717) is 16.9 Å². The monoisotopic (exact) mass is 464 g/mol. The molecule has 0 saturated heterocycles. The van der Waals surface area contributed by atoms with Crippen molar-refractivity contribution in [3.8, 4) is 0 Å². The van der Waals surface area contributed by atoms with Crippen LogP contribution in [0, 0.1) is 0 Å². The van der Waals surface area contributed by atoms with Gasteiger partial charge in [-0.1, -0.05) is 31.9 Å². The molecule has 2 aromatic rings. The van der Waals surface area contributed by atoms with Crippen molar-refractivity contribution >= 4 is 55.1 Å². The molecule has 0 unspecified atom stereocenters. The summed E-state index contributed by atoms with van der Waals surface area (Å²) < 4.78 is 6.68. The minimum absolute atomic E-state index is 0.159. The van der Waals surface area contributed by atoms with Crippen LogP contribution in [-0.2, 0) is 14.3 Å². The van der Waals surface area contributed by atoms with E-state index in [1.54, 1.807) is 4.90 Å². The first-order valence-corrected chi connectivity index (χ1v) is 8.99. The number of anilines is 2. The van der Waals surface area contributed by atoms with Gasteiger partial charge < -0.3 is 15.0 Å². The number of ether oxygens (including phenoxy) is 1. The summed E-state index contributed by atoms with van der Waals surface area (Å²) in [4.78, 5) is 26.5. The van der Waals surface area contributed by atoms with E-state index in [1.807, 2.05) is 48.5 Å². The first kappa shape index (κ1) is 17.7. The fraction of sp³-hybridized carbons (Fsp3) is 0.111. The second kappa shape index (κ2) is 7.41. The van der Waals surface area contributed by atoms with Gasteiger partial charge in [-0.25, -0.2) is 4.79 Å². The second-order valence-electron chi connectivity index (χ2n) is 5.34. The average Bonchev–Trinajstić information content (AvgIpc) is 2.94. The van der Waals surface area contributed by atoms with Crippen molar-refractivity contribution in [2.45, 2.75) is 0 Å². The molecule has 0 spiro atoms. The molecule has 0 aromatic heterocycles. The number of carbonyl (C=O) groups is 2. The van der Waals surface area contributed by atoms with Gasteiger partial charge in [0.05, 0.1) is 19.2 Å². The standard InChI is InChI=1S/C18H14Br2N2O3/c1-25-18(24)15-10-22(14-8-4-12(20)5-9-14)17(23)16(15)21-13-6-2-11(19)3-7-13/h2-9,21H,10H2,1H3. The van der Waals surface area contributed by atoms with Crippen LogP contribution in [0.1, 0.15) is 0 Å². The highest BCUT2D eigenvalue weighted by atomic mass is 79.9. The van der Waals surface area contributed by atoms with Crippen molar-refractivity contribution in [2.75, 3.05) is 23.9 Å². The fourth-order valence-corrected chi connectivity index (χ4v) is 3.03. The Morgan fingerprint density at radius 1 is 1.04 bits per heavy atom. The number of halogens is 2. The molecule has 0 fully saturated rings. The van der Waals surface area contributed by atoms with Crippen LogP contribution in [0.3, 0.4) is 0 Å². The SMILES string of the molecule is COC(=O)C1=C(Nc2ccc(Br)cc2)C(=O)N(c2ccc(Br)cc2)C1. The van der Waals surface area contributed by atoms with E-state index in [0.717, 1.165) is 8.95 Å². The third-order valence-electron chi connectivity index (χ3n) is 3.76. The summed E-state index contributed by atoms with van der Waals surface area (Å²) in [5.74, 6) is -0.793. The van der Waals surface area contributed by atoms with E-state index in [-0.39, 0.29) is 18.1 Å². The quantitative estimate of drug-likeness (QED) is 0.690. The lowest BCUT2D eigenvalue weighted by Crippen LogP contribution is -2.28. The zero-order valence-corrected chi connectivity index (χ0v) is 16.4. The lowest BCUT2D eigenvalue weighted by Gasteiger charge is -2.17. The molecule has 1 N–H and O–H groups in total. The highest BCUT2D eigenvalue weighted by molar-refractivity contribution is 9.10. The Bertz CT molecular complexity index is 846. The Morgan fingerprint density at radius 2 is 1.60 bits per heavy atom. The van der Waals surface area contributed by atoms with Crippen LogP contribution in [-0.4, -0.2) is 25.5 Å². The average molecular weight is 466 g/mol. The molecule has 5 nitrogen and oxygen atoms in total. The summed E-state index contributed by atoms with van der Waals surface area (Å²) in [6.45, 7) is 0.159. The first-order valence-electron chi connectivity index (χ1n) is 7.41. The molecule has 3 rings (SSSR count). The summed E-state index contributed by atoms with van der Waals surface area (Å²) in [6.07, 6.45) is 0. The molecular weight excluding hydrogens is 452 g/mol. The molecule has 25 heavy (non-hydrogen) atoms. The number of nitrogens with zero attached hydrogens (tertiary/aromatic N) is 1. The molecule has 1 aliphatic heterocycles. The molecule has 2 aromatic carbocycles. The summed E-state index contributed by atoms with van der Waals surface area (Å²) in [6, 6.07) is 14.7. The summed E-state index contributed by atoms with van der Waals surface area (Å²) in [7, 11) is 1.30. The molecule has 128 valence electrons. The van der Waals surface area contributed by atoms with Gasteiger partial charge in [0, 0.05) is 20.3 Å². The summed E-state index contributed by atoms with van der Waals surface area (Å²) >= 11 is 6.74. The number of carbonyl (C=O) groups excluding carboxylic acids is 2. The van der Waals surface area contributed by atoms with Gasteiger partial charge in [0.2, 0.25) is 0 Å². The second-order valence-corrected chi connectivity index (χ2v) is 7.18. The van der Waals surface area contributed by atoms with Crippen LogP contribution < -0.4 is 10.2 Å². The third-order valence-corrected chi connectivity index (χ3v) is 4.82. The predicted octanol–water partition coefficient (Wildman–Crippen LogP) is 4.10. The van der Waals surface area contributed by atoms with Crippen LogP contribution in [0.5, 0.6) is 0 Å². The molecule has 0 bridgehead atoms. The highest BCUT2D eigenvalue weighted by Crippen LogP contribution is 2.29. The number of methoxy groups -OCH3 is 1. The highest BCUT2D eigenvalue weighted by Gasteiger charge is 2.35. The minimum atomic E-state index is -0.521. The van der Waals surface area contributed by atoms with Crippen LogP contribution >= 0.6 is 31.9 Å². The van der Waals surface area contributed by atoms with E-state index in [9.17, 15) is 9.59 Å². The van der Waals surface area contributed by atoms with Crippen molar-refractivity contribution in [1.82, 2.24) is 0 Å². The van der Waals surface area contributed by atoms with E-state index < -0.39 is 5.97 Å². The topological polar surface area (TPSA) is 58.6 Å². The number of amides is 1. The maximum atomic E-state index is 12.9. The molecule has 1 amide bonds. The molecule has 1 aliphatic rings. The Hall–Kier alpha value is -2.12. The summed E-state index contributed by atoms with van der Waals surface area (Å²) in [5.41, 5.74) is 1.96. The Kier molecular flexibility index (Phi) is 5.24. The number of hydrogen-bond acceptors (Lipinski definition) is 4. The molecule has 0 saturated carbocycles. The Balaban J connectivity index is 1.93.